The molecule has 0 amide bonds. The van der Waals surface area contributed by atoms with Crippen LogP contribution in [0.5, 0.6) is 0 Å². The number of fused-ring (bicyclic) bond motifs is 1. The summed E-state index contributed by atoms with van der Waals surface area (Å²) in [5, 5.41) is 0. The molecule has 134 valence electrons. The van der Waals surface area contributed by atoms with E-state index in [4.69, 9.17) is 0 Å². The molecule has 0 radical (unpaired) electrons. The van der Waals surface area contributed by atoms with Crippen molar-refractivity contribution in [3.63, 3.8) is 0 Å². The second-order valence-electron chi connectivity index (χ2n) is 7.04. The average Bonchev–Trinajstić information content (AvgIpc) is 2.66. The van der Waals surface area contributed by atoms with E-state index >= 15 is 0 Å². The van der Waals surface area contributed by atoms with Crippen LogP contribution in [0.2, 0.25) is 0 Å². The zero-order chi connectivity index (χ0) is 18.1. The van der Waals surface area contributed by atoms with E-state index in [1.54, 1.807) is 6.07 Å². The summed E-state index contributed by atoms with van der Waals surface area (Å²) < 4.78 is 13.5. The van der Waals surface area contributed by atoms with Gasteiger partial charge in [-0.1, -0.05) is 6.07 Å². The van der Waals surface area contributed by atoms with Gasteiger partial charge in [-0.15, -0.1) is 0 Å². The first-order chi connectivity index (χ1) is 12.6. The van der Waals surface area contributed by atoms with Gasteiger partial charge in [0.1, 0.15) is 11.6 Å². The molecule has 2 aliphatic rings. The zero-order valence-electron chi connectivity index (χ0n) is 14.9. The lowest BCUT2D eigenvalue weighted by molar-refractivity contribution is 0.102. The van der Waals surface area contributed by atoms with Crippen molar-refractivity contribution in [1.82, 2.24) is 9.88 Å². The number of aryl methyl sites for hydroxylation is 1. The second kappa shape index (κ2) is 7.00. The Hall–Kier alpha value is -2.53. The lowest BCUT2D eigenvalue weighted by Crippen LogP contribution is -2.44. The molecular weight excluding hydrogens is 329 g/mol. The fourth-order valence-corrected chi connectivity index (χ4v) is 3.58. The third-order valence-corrected chi connectivity index (χ3v) is 5.21. The molecule has 1 aliphatic carbocycles. The van der Waals surface area contributed by atoms with Crippen molar-refractivity contribution in [3.05, 3.63) is 64.6 Å². The lowest BCUT2D eigenvalue weighted by atomic mass is 9.86. The highest BCUT2D eigenvalue weighted by atomic mass is 19.1. The molecule has 0 saturated carbocycles. The molecule has 0 unspecified atom stereocenters. The van der Waals surface area contributed by atoms with E-state index in [1.807, 2.05) is 24.4 Å². The molecule has 0 atom stereocenters. The highest BCUT2D eigenvalue weighted by molar-refractivity contribution is 6.13. The number of anilines is 1. The van der Waals surface area contributed by atoms with Gasteiger partial charge >= 0.3 is 0 Å². The monoisotopic (exact) mass is 351 g/mol. The van der Waals surface area contributed by atoms with Crippen LogP contribution in [0.4, 0.5) is 10.2 Å². The molecule has 5 heteroatoms. The van der Waals surface area contributed by atoms with Crippen molar-refractivity contribution >= 4 is 17.7 Å². The van der Waals surface area contributed by atoms with E-state index in [1.165, 1.54) is 12.1 Å². The quantitative estimate of drug-likeness (QED) is 0.779. The molecule has 2 heterocycles. The van der Waals surface area contributed by atoms with Crippen LogP contribution in [0.25, 0.3) is 6.08 Å². The molecule has 1 saturated heterocycles. The largest absolute Gasteiger partial charge is 0.354 e. The molecule has 1 aromatic carbocycles. The Labute approximate surface area is 153 Å². The number of carbonyl (C=O) groups excluding carboxylic acids is 1. The van der Waals surface area contributed by atoms with Crippen molar-refractivity contribution < 1.29 is 9.18 Å². The number of benzene rings is 1. The van der Waals surface area contributed by atoms with E-state index in [0.29, 0.717) is 12.0 Å². The third-order valence-electron chi connectivity index (χ3n) is 5.21. The van der Waals surface area contributed by atoms with Gasteiger partial charge in [0.05, 0.1) is 0 Å². The van der Waals surface area contributed by atoms with Crippen molar-refractivity contribution in [3.8, 4) is 0 Å². The van der Waals surface area contributed by atoms with Gasteiger partial charge in [-0.25, -0.2) is 9.37 Å². The minimum Gasteiger partial charge on any atom is -0.354 e. The first-order valence-corrected chi connectivity index (χ1v) is 9.03. The van der Waals surface area contributed by atoms with Crippen LogP contribution < -0.4 is 4.90 Å². The van der Waals surface area contributed by atoms with Crippen LogP contribution in [0.15, 0.2) is 42.1 Å². The number of rotatable bonds is 2. The van der Waals surface area contributed by atoms with E-state index in [-0.39, 0.29) is 11.6 Å². The first kappa shape index (κ1) is 16.9. The predicted molar refractivity (Wildman–Crippen MR) is 101 cm³/mol. The smallest absolute Gasteiger partial charge is 0.189 e. The minimum absolute atomic E-state index is 0.0751. The number of carbonyl (C=O) groups is 1. The van der Waals surface area contributed by atoms with Crippen molar-refractivity contribution in [2.45, 2.75) is 12.8 Å². The Morgan fingerprint density at radius 3 is 2.62 bits per heavy atom. The summed E-state index contributed by atoms with van der Waals surface area (Å²) in [5.41, 5.74) is 3.05. The summed E-state index contributed by atoms with van der Waals surface area (Å²) in [7, 11) is 2.13. The van der Waals surface area contributed by atoms with Crippen molar-refractivity contribution in [2.75, 3.05) is 38.1 Å². The molecule has 2 aromatic rings. The number of ketones is 1. The predicted octanol–water partition coefficient (Wildman–Crippen LogP) is 3.19. The fourth-order valence-electron chi connectivity index (χ4n) is 3.58. The van der Waals surface area contributed by atoms with Crippen LogP contribution in [0.1, 0.15) is 27.9 Å². The Balaban J connectivity index is 1.52. The number of Topliss-reactive ketones (excluding diaryl/α,β-unsaturated/α-hetero) is 1. The van der Waals surface area contributed by atoms with E-state index in [0.717, 1.165) is 55.1 Å². The van der Waals surface area contributed by atoms with Crippen LogP contribution in [-0.4, -0.2) is 48.9 Å². The number of allylic oxidation sites excluding steroid dienone is 1. The molecular formula is C21H22FN3O. The van der Waals surface area contributed by atoms with E-state index in [2.05, 4.69) is 21.8 Å². The Kier molecular flexibility index (Phi) is 4.55. The highest BCUT2D eigenvalue weighted by Crippen LogP contribution is 2.27. The molecule has 1 aromatic heterocycles. The number of hydrogen-bond donors (Lipinski definition) is 0. The number of piperazine rings is 1. The first-order valence-electron chi connectivity index (χ1n) is 9.03. The van der Waals surface area contributed by atoms with Crippen LogP contribution in [0.3, 0.4) is 0 Å². The van der Waals surface area contributed by atoms with Crippen molar-refractivity contribution in [1.29, 1.82) is 0 Å². The summed E-state index contributed by atoms with van der Waals surface area (Å²) in [4.78, 5) is 21.8. The average molecular weight is 351 g/mol. The second-order valence-corrected chi connectivity index (χ2v) is 7.04. The summed E-state index contributed by atoms with van der Waals surface area (Å²) >= 11 is 0. The molecule has 0 N–H and O–H groups in total. The maximum Gasteiger partial charge on any atom is 0.189 e. The van der Waals surface area contributed by atoms with Gasteiger partial charge in [0.25, 0.3) is 0 Å². The maximum absolute atomic E-state index is 13.5. The number of halogens is 1. The van der Waals surface area contributed by atoms with Gasteiger partial charge in [-0.3, -0.25) is 4.79 Å². The number of aromatic nitrogens is 1. The highest BCUT2D eigenvalue weighted by Gasteiger charge is 2.22. The van der Waals surface area contributed by atoms with E-state index < -0.39 is 0 Å². The Bertz CT molecular complexity index is 852. The summed E-state index contributed by atoms with van der Waals surface area (Å²) in [6.07, 6.45) is 5.14. The van der Waals surface area contributed by atoms with Crippen LogP contribution in [0, 0.1) is 5.82 Å². The fraction of sp³-hybridized carbons (Fsp3) is 0.333. The molecule has 4 rings (SSSR count). The number of pyridine rings is 1. The Morgan fingerprint density at radius 2 is 1.88 bits per heavy atom. The molecule has 26 heavy (non-hydrogen) atoms. The molecule has 0 bridgehead atoms. The van der Waals surface area contributed by atoms with Gasteiger partial charge in [-0.05, 0) is 61.4 Å². The van der Waals surface area contributed by atoms with Crippen molar-refractivity contribution in [2.24, 2.45) is 0 Å². The Morgan fingerprint density at radius 1 is 1.08 bits per heavy atom. The van der Waals surface area contributed by atoms with E-state index in [9.17, 15) is 9.18 Å². The van der Waals surface area contributed by atoms with Crippen LogP contribution >= 0.6 is 0 Å². The normalized spacial score (nSPS) is 19.7. The van der Waals surface area contributed by atoms with Gasteiger partial charge in [0, 0.05) is 43.5 Å². The number of nitrogens with zero attached hydrogens (tertiary/aromatic N) is 3. The van der Waals surface area contributed by atoms with Gasteiger partial charge < -0.3 is 9.80 Å². The standard InChI is InChI=1S/C21H22FN3O/c1-24-8-10-25(11-9-24)20-7-2-15(14-23-20)12-17-4-3-16-5-6-18(22)13-19(16)21(17)26/h2,5-7,12-14H,3-4,8-11H2,1H3. The molecule has 1 aliphatic heterocycles. The minimum atomic E-state index is -0.364. The van der Waals surface area contributed by atoms with Crippen LogP contribution in [-0.2, 0) is 6.42 Å². The SMILES string of the molecule is CN1CCN(c2ccc(C=C3CCc4ccc(F)cc4C3=O)cn2)CC1. The summed E-state index contributed by atoms with van der Waals surface area (Å²) in [6.45, 7) is 4.03. The number of likely N-dealkylation sites (N-methyl/N-ethyl adjacent to an activating group) is 1. The van der Waals surface area contributed by atoms with Gasteiger partial charge in [0.2, 0.25) is 0 Å². The summed E-state index contributed by atoms with van der Waals surface area (Å²) in [5.74, 6) is 0.535. The van der Waals surface area contributed by atoms with Gasteiger partial charge in [0.15, 0.2) is 5.78 Å². The number of hydrogen-bond acceptors (Lipinski definition) is 4. The summed E-state index contributed by atoms with van der Waals surface area (Å²) in [6, 6.07) is 8.49. The molecule has 1 fully saturated rings. The topological polar surface area (TPSA) is 36.4 Å². The van der Waals surface area contributed by atoms with Gasteiger partial charge in [-0.2, -0.15) is 0 Å². The zero-order valence-corrected chi connectivity index (χ0v) is 14.9. The maximum atomic E-state index is 13.5. The lowest BCUT2D eigenvalue weighted by Gasteiger charge is -2.33. The third kappa shape index (κ3) is 3.40. The molecule has 0 spiro atoms. The molecule has 4 nitrogen and oxygen atoms in total.